The molecule has 0 aromatic carbocycles. The number of hydrogen-bond acceptors (Lipinski definition) is 4. The quantitative estimate of drug-likeness (QED) is 0.850. The molecule has 0 radical (unpaired) electrons. The van der Waals surface area contributed by atoms with Crippen LogP contribution in [-0.2, 0) is 9.53 Å². The molecule has 0 unspecified atom stereocenters. The average Bonchev–Trinajstić information content (AvgIpc) is 2.51. The molecule has 0 amide bonds. The number of carbonyl (C=O) groups excluding carboxylic acids is 1. The highest BCUT2D eigenvalue weighted by Crippen LogP contribution is 2.29. The van der Waals surface area contributed by atoms with Gasteiger partial charge in [-0.25, -0.2) is 0 Å². The largest absolute Gasteiger partial charge is 0.469 e. The van der Waals surface area contributed by atoms with E-state index in [0.29, 0.717) is 0 Å². The summed E-state index contributed by atoms with van der Waals surface area (Å²) in [6, 6.07) is 1.64. The van der Waals surface area contributed by atoms with Crippen LogP contribution in [0.1, 0.15) is 17.3 Å². The third kappa shape index (κ3) is 2.79. The second kappa shape index (κ2) is 4.74. The maximum atomic E-state index is 10.9. The fraction of sp³-hybridized carbons (Fsp3) is 0.375. The molecule has 1 rings (SSSR count). The number of halogens is 1. The van der Waals surface area contributed by atoms with E-state index < -0.39 is 0 Å². The van der Waals surface area contributed by atoms with Gasteiger partial charge in [-0.05, 0) is 27.4 Å². The Balaban J connectivity index is 2.63. The van der Waals surface area contributed by atoms with E-state index in [1.54, 1.807) is 0 Å². The molecule has 0 aliphatic heterocycles. The van der Waals surface area contributed by atoms with Gasteiger partial charge >= 0.3 is 5.97 Å². The van der Waals surface area contributed by atoms with Crippen LogP contribution in [0.5, 0.6) is 0 Å². The second-order valence-electron chi connectivity index (χ2n) is 2.52. The lowest BCUT2D eigenvalue weighted by molar-refractivity contribution is -0.141. The van der Waals surface area contributed by atoms with Crippen LogP contribution in [0.15, 0.2) is 15.9 Å². The molecule has 1 atom stereocenters. The molecule has 3 nitrogen and oxygen atoms in total. The van der Waals surface area contributed by atoms with Gasteiger partial charge in [-0.1, -0.05) is 0 Å². The third-order valence-electron chi connectivity index (χ3n) is 1.60. The molecule has 0 fully saturated rings. The number of rotatable bonds is 3. The molecule has 0 bridgehead atoms. The SMILES string of the molecule is COC(=O)C[C@H](N)c1sccc1Br. The summed E-state index contributed by atoms with van der Waals surface area (Å²) >= 11 is 4.89. The predicted molar refractivity (Wildman–Crippen MR) is 55.6 cm³/mol. The van der Waals surface area contributed by atoms with Gasteiger partial charge in [0, 0.05) is 9.35 Å². The van der Waals surface area contributed by atoms with Gasteiger partial charge in [-0.3, -0.25) is 4.79 Å². The zero-order valence-corrected chi connectivity index (χ0v) is 9.52. The first-order valence-electron chi connectivity index (χ1n) is 3.70. The number of carbonyl (C=O) groups is 1. The number of nitrogens with two attached hydrogens (primary N) is 1. The first-order valence-corrected chi connectivity index (χ1v) is 5.37. The zero-order valence-electron chi connectivity index (χ0n) is 7.12. The molecule has 2 N–H and O–H groups in total. The van der Waals surface area contributed by atoms with Crippen molar-refractivity contribution in [1.82, 2.24) is 0 Å². The summed E-state index contributed by atoms with van der Waals surface area (Å²) in [5.41, 5.74) is 5.80. The summed E-state index contributed by atoms with van der Waals surface area (Å²) < 4.78 is 5.48. The molecule has 0 spiro atoms. The maximum absolute atomic E-state index is 10.9. The van der Waals surface area contributed by atoms with E-state index in [1.165, 1.54) is 18.4 Å². The fourth-order valence-electron chi connectivity index (χ4n) is 0.926. The summed E-state index contributed by atoms with van der Waals surface area (Å²) in [7, 11) is 1.36. The van der Waals surface area contributed by atoms with Crippen LogP contribution in [0, 0.1) is 0 Å². The van der Waals surface area contributed by atoms with Gasteiger partial charge in [-0.15, -0.1) is 11.3 Å². The van der Waals surface area contributed by atoms with Crippen molar-refractivity contribution in [2.24, 2.45) is 5.73 Å². The Morgan fingerprint density at radius 2 is 2.54 bits per heavy atom. The van der Waals surface area contributed by atoms with Crippen molar-refractivity contribution in [1.29, 1.82) is 0 Å². The first kappa shape index (κ1) is 10.7. The molecule has 1 heterocycles. The van der Waals surface area contributed by atoms with Gasteiger partial charge < -0.3 is 10.5 Å². The normalized spacial score (nSPS) is 12.5. The Morgan fingerprint density at radius 1 is 1.85 bits per heavy atom. The Morgan fingerprint density at radius 3 is 3.00 bits per heavy atom. The van der Waals surface area contributed by atoms with Gasteiger partial charge in [0.1, 0.15) is 0 Å². The van der Waals surface area contributed by atoms with Gasteiger partial charge in [0.05, 0.1) is 19.6 Å². The van der Waals surface area contributed by atoms with Crippen molar-refractivity contribution in [3.8, 4) is 0 Å². The lowest BCUT2D eigenvalue weighted by Gasteiger charge is -2.08. The molecule has 1 aromatic heterocycles. The molecule has 0 saturated heterocycles. The van der Waals surface area contributed by atoms with Crippen LogP contribution in [0.25, 0.3) is 0 Å². The summed E-state index contributed by atoms with van der Waals surface area (Å²) in [4.78, 5) is 11.9. The van der Waals surface area contributed by atoms with Crippen LogP contribution in [0.4, 0.5) is 0 Å². The summed E-state index contributed by atoms with van der Waals surface area (Å²) in [5.74, 6) is -0.284. The third-order valence-corrected chi connectivity index (χ3v) is 3.60. The van der Waals surface area contributed by atoms with Crippen LogP contribution < -0.4 is 5.73 Å². The Bertz CT molecular complexity index is 300. The highest BCUT2D eigenvalue weighted by atomic mass is 79.9. The second-order valence-corrected chi connectivity index (χ2v) is 4.32. The number of esters is 1. The number of thiophene rings is 1. The minimum absolute atomic E-state index is 0.218. The van der Waals surface area contributed by atoms with Crippen molar-refractivity contribution >= 4 is 33.2 Å². The van der Waals surface area contributed by atoms with Crippen LogP contribution >= 0.6 is 27.3 Å². The molecular weight excluding hydrogens is 254 g/mol. The number of methoxy groups -OCH3 is 1. The topological polar surface area (TPSA) is 52.3 Å². The van der Waals surface area contributed by atoms with Gasteiger partial charge in [0.25, 0.3) is 0 Å². The summed E-state index contributed by atoms with van der Waals surface area (Å²) in [5, 5.41) is 1.93. The van der Waals surface area contributed by atoms with Gasteiger partial charge in [-0.2, -0.15) is 0 Å². The van der Waals surface area contributed by atoms with Gasteiger partial charge in [0.15, 0.2) is 0 Å². The highest BCUT2D eigenvalue weighted by Gasteiger charge is 2.15. The van der Waals surface area contributed by atoms with E-state index in [-0.39, 0.29) is 18.4 Å². The molecule has 0 saturated carbocycles. The van der Waals surface area contributed by atoms with E-state index in [4.69, 9.17) is 5.73 Å². The zero-order chi connectivity index (χ0) is 9.84. The molecule has 5 heteroatoms. The van der Waals surface area contributed by atoms with Crippen LogP contribution in [0.2, 0.25) is 0 Å². The van der Waals surface area contributed by atoms with Gasteiger partial charge in [0.2, 0.25) is 0 Å². The van der Waals surface area contributed by atoms with Crippen molar-refractivity contribution in [2.75, 3.05) is 7.11 Å². The minimum atomic E-state index is -0.284. The standard InChI is InChI=1S/C8H10BrNO2S/c1-12-7(11)4-6(10)8-5(9)2-3-13-8/h2-3,6H,4,10H2,1H3/t6-/m0/s1. The fourth-order valence-corrected chi connectivity index (χ4v) is 2.60. The molecule has 0 aliphatic carbocycles. The van der Waals surface area contributed by atoms with Crippen molar-refractivity contribution in [2.45, 2.75) is 12.5 Å². The Kier molecular flexibility index (Phi) is 3.90. The molecule has 13 heavy (non-hydrogen) atoms. The molecule has 1 aromatic rings. The lowest BCUT2D eigenvalue weighted by atomic mass is 10.2. The summed E-state index contributed by atoms with van der Waals surface area (Å²) in [6.07, 6.45) is 0.218. The van der Waals surface area contributed by atoms with Crippen molar-refractivity contribution < 1.29 is 9.53 Å². The highest BCUT2D eigenvalue weighted by molar-refractivity contribution is 9.10. The van der Waals surface area contributed by atoms with E-state index >= 15 is 0 Å². The van der Waals surface area contributed by atoms with E-state index in [9.17, 15) is 4.79 Å². The monoisotopic (exact) mass is 263 g/mol. The Labute approximate surface area is 89.0 Å². The van der Waals surface area contributed by atoms with Crippen LogP contribution in [0.3, 0.4) is 0 Å². The lowest BCUT2D eigenvalue weighted by Crippen LogP contribution is -2.15. The predicted octanol–water partition coefficient (Wildman–Crippen LogP) is 2.07. The van der Waals surface area contributed by atoms with Crippen molar-refractivity contribution in [3.63, 3.8) is 0 Å². The molecular formula is C8H10BrNO2S. The maximum Gasteiger partial charge on any atom is 0.307 e. The molecule has 72 valence electrons. The van der Waals surface area contributed by atoms with E-state index in [1.807, 2.05) is 11.4 Å². The number of ether oxygens (including phenoxy) is 1. The van der Waals surface area contributed by atoms with Crippen LogP contribution in [-0.4, -0.2) is 13.1 Å². The Hall–Kier alpha value is -0.390. The summed E-state index contributed by atoms with van der Waals surface area (Å²) in [6.45, 7) is 0. The van der Waals surface area contributed by atoms with Crippen molar-refractivity contribution in [3.05, 3.63) is 20.8 Å². The first-order chi connectivity index (χ1) is 6.15. The van der Waals surface area contributed by atoms with E-state index in [0.717, 1.165) is 9.35 Å². The van der Waals surface area contributed by atoms with E-state index in [2.05, 4.69) is 20.7 Å². The minimum Gasteiger partial charge on any atom is -0.469 e. The smallest absolute Gasteiger partial charge is 0.307 e. The number of hydrogen-bond donors (Lipinski definition) is 1. The average molecular weight is 264 g/mol. The molecule has 0 aliphatic rings.